The van der Waals surface area contributed by atoms with Crippen molar-refractivity contribution < 1.29 is 9.13 Å². The molecule has 2 unspecified atom stereocenters. The fourth-order valence-electron chi connectivity index (χ4n) is 1.69. The van der Waals surface area contributed by atoms with Crippen molar-refractivity contribution in [3.05, 3.63) is 0 Å². The lowest BCUT2D eigenvalue weighted by atomic mass is 10.0. The van der Waals surface area contributed by atoms with Gasteiger partial charge in [-0.1, -0.05) is 0 Å². The highest BCUT2D eigenvalue weighted by molar-refractivity contribution is 6.14. The molecule has 1 saturated heterocycles. The third-order valence-corrected chi connectivity index (χ3v) is 3.91. The molecule has 1 aliphatic heterocycles. The molecule has 0 saturated carbocycles. The largest absolute Gasteiger partial charge is 0.380 e. The Bertz CT molecular complexity index is 132. The summed E-state index contributed by atoms with van der Waals surface area (Å²) in [4.78, 5) is 0. The third-order valence-electron chi connectivity index (χ3n) is 2.62. The molecule has 1 fully saturated rings. The molecule has 3 heteroatoms. The maximum atomic E-state index is 12.6. The summed E-state index contributed by atoms with van der Waals surface area (Å²) in [6, 6.07) is 0. The molecule has 0 aromatic carbocycles. The number of hydrogen-bond acceptors (Lipinski definition) is 1. The van der Waals surface area contributed by atoms with Gasteiger partial charge in [-0.15, -0.1) is 0 Å². The van der Waals surface area contributed by atoms with E-state index in [0.29, 0.717) is 6.42 Å². The van der Waals surface area contributed by atoms with Gasteiger partial charge in [-0.3, -0.25) is 0 Å². The Kier molecular flexibility index (Phi) is 3.71. The van der Waals surface area contributed by atoms with Gasteiger partial charge in [0.1, 0.15) is 0 Å². The van der Waals surface area contributed by atoms with E-state index in [4.69, 9.17) is 4.74 Å². The van der Waals surface area contributed by atoms with Crippen molar-refractivity contribution in [2.45, 2.75) is 50.4 Å². The minimum Gasteiger partial charge on any atom is -0.380 e. The van der Waals surface area contributed by atoms with E-state index >= 15 is 0 Å². The predicted molar refractivity (Wildman–Crippen MR) is 52.3 cm³/mol. The molecule has 1 rings (SSSR count). The molecule has 0 spiro atoms. The summed E-state index contributed by atoms with van der Waals surface area (Å²) >= 11 is 0. The Hall–Kier alpha value is 0.107. The molecule has 2 atom stereocenters. The van der Waals surface area contributed by atoms with Crippen molar-refractivity contribution in [1.29, 1.82) is 0 Å². The molecule has 0 amide bonds. The smallest absolute Gasteiger partial charge is 0.0974 e. The first-order chi connectivity index (χ1) is 5.62. The summed E-state index contributed by atoms with van der Waals surface area (Å²) in [6.07, 6.45) is 4.55. The monoisotopic (exact) mass is 190 g/mol. The van der Waals surface area contributed by atoms with E-state index in [9.17, 15) is 4.39 Å². The van der Waals surface area contributed by atoms with Crippen molar-refractivity contribution in [2.24, 2.45) is 0 Å². The number of halogens is 1. The molecular formula is C9H19FOSi. The summed E-state index contributed by atoms with van der Waals surface area (Å²) in [5.41, 5.74) is 0. The van der Waals surface area contributed by atoms with Crippen LogP contribution >= 0.6 is 0 Å². The van der Waals surface area contributed by atoms with E-state index in [2.05, 4.69) is 0 Å². The zero-order valence-electron chi connectivity index (χ0n) is 8.11. The van der Waals surface area contributed by atoms with E-state index in [1.165, 1.54) is 12.8 Å². The van der Waals surface area contributed by atoms with E-state index in [-0.39, 0.29) is 5.22 Å². The van der Waals surface area contributed by atoms with E-state index < -0.39 is 6.17 Å². The van der Waals surface area contributed by atoms with Crippen LogP contribution in [0.3, 0.4) is 0 Å². The highest BCUT2D eigenvalue weighted by Gasteiger charge is 2.27. The minimum atomic E-state index is -0.665. The van der Waals surface area contributed by atoms with E-state index in [0.717, 1.165) is 29.7 Å². The summed E-state index contributed by atoms with van der Waals surface area (Å²) in [6.45, 7) is 2.53. The number of hydrogen-bond donors (Lipinski definition) is 0. The lowest BCUT2D eigenvalue weighted by Gasteiger charge is -2.34. The van der Waals surface area contributed by atoms with Gasteiger partial charge < -0.3 is 4.74 Å². The molecule has 72 valence electrons. The van der Waals surface area contributed by atoms with Crippen LogP contribution < -0.4 is 0 Å². The summed E-state index contributed by atoms with van der Waals surface area (Å²) in [5.74, 6) is 0. The standard InChI is InChI=1S/C9H19FOSi/c1-8(10)4-6-9(12)5-2-3-7-11-9/h8H,2-7H2,1,12H3. The van der Waals surface area contributed by atoms with Gasteiger partial charge in [-0.05, 0) is 39.0 Å². The van der Waals surface area contributed by atoms with Crippen molar-refractivity contribution in [2.75, 3.05) is 6.61 Å². The first-order valence-electron chi connectivity index (χ1n) is 4.90. The Morgan fingerprint density at radius 1 is 1.58 bits per heavy atom. The van der Waals surface area contributed by atoms with Gasteiger partial charge in [0.15, 0.2) is 0 Å². The van der Waals surface area contributed by atoms with Crippen LogP contribution in [0.2, 0.25) is 0 Å². The maximum Gasteiger partial charge on any atom is 0.0974 e. The molecule has 0 bridgehead atoms. The molecule has 1 heterocycles. The quantitative estimate of drug-likeness (QED) is 0.611. The number of rotatable bonds is 3. The van der Waals surface area contributed by atoms with Gasteiger partial charge in [-0.2, -0.15) is 0 Å². The Morgan fingerprint density at radius 3 is 2.83 bits per heavy atom. The van der Waals surface area contributed by atoms with Gasteiger partial charge in [0.25, 0.3) is 0 Å². The Morgan fingerprint density at radius 2 is 2.33 bits per heavy atom. The molecule has 1 aliphatic rings. The average molecular weight is 190 g/mol. The molecule has 1 nitrogen and oxygen atoms in total. The summed E-state index contributed by atoms with van der Waals surface area (Å²) < 4.78 is 18.3. The number of ether oxygens (including phenoxy) is 1. The minimum absolute atomic E-state index is 0.110. The highest BCUT2D eigenvalue weighted by atomic mass is 28.1. The van der Waals surface area contributed by atoms with Crippen molar-refractivity contribution >= 4 is 10.2 Å². The first kappa shape index (κ1) is 10.2. The van der Waals surface area contributed by atoms with Crippen molar-refractivity contribution in [3.63, 3.8) is 0 Å². The molecule has 0 aliphatic carbocycles. The SMILES string of the molecule is CC(F)CCC1([SiH3])CCCCO1. The van der Waals surface area contributed by atoms with Gasteiger partial charge in [0.2, 0.25) is 0 Å². The Labute approximate surface area is 77.1 Å². The zero-order valence-corrected chi connectivity index (χ0v) is 10.1. The van der Waals surface area contributed by atoms with E-state index in [1.54, 1.807) is 6.92 Å². The second kappa shape index (κ2) is 4.37. The summed E-state index contributed by atoms with van der Waals surface area (Å²) in [7, 11) is 1.05. The van der Waals surface area contributed by atoms with Crippen molar-refractivity contribution in [3.8, 4) is 0 Å². The Balaban J connectivity index is 2.26. The topological polar surface area (TPSA) is 9.23 Å². The predicted octanol–water partition coefficient (Wildman–Crippen LogP) is 1.39. The molecule has 12 heavy (non-hydrogen) atoms. The highest BCUT2D eigenvalue weighted by Crippen LogP contribution is 2.27. The van der Waals surface area contributed by atoms with Crippen LogP contribution in [-0.2, 0) is 4.74 Å². The fraction of sp³-hybridized carbons (Fsp3) is 1.00. The van der Waals surface area contributed by atoms with Crippen LogP contribution in [0.5, 0.6) is 0 Å². The lowest BCUT2D eigenvalue weighted by Crippen LogP contribution is -2.37. The fourth-order valence-corrected chi connectivity index (χ4v) is 2.54. The molecule has 0 N–H and O–H groups in total. The third kappa shape index (κ3) is 3.23. The first-order valence-corrected chi connectivity index (χ1v) is 5.90. The molecule has 0 aromatic rings. The maximum absolute atomic E-state index is 12.6. The molecule has 0 radical (unpaired) electrons. The zero-order chi connectivity index (χ0) is 9.03. The summed E-state index contributed by atoms with van der Waals surface area (Å²) in [5, 5.41) is 0.110. The van der Waals surface area contributed by atoms with Gasteiger partial charge in [0, 0.05) is 22.1 Å². The molecular weight excluding hydrogens is 171 g/mol. The second-order valence-corrected chi connectivity index (χ2v) is 5.90. The van der Waals surface area contributed by atoms with Crippen molar-refractivity contribution in [1.82, 2.24) is 0 Å². The van der Waals surface area contributed by atoms with Crippen LogP contribution in [0.25, 0.3) is 0 Å². The lowest BCUT2D eigenvalue weighted by molar-refractivity contribution is -0.0265. The van der Waals surface area contributed by atoms with Gasteiger partial charge in [0.05, 0.1) is 6.17 Å². The second-order valence-electron chi connectivity index (χ2n) is 4.07. The number of alkyl halides is 1. The van der Waals surface area contributed by atoms with Crippen LogP contribution in [0.15, 0.2) is 0 Å². The average Bonchev–Trinajstić information content (AvgIpc) is 2.03. The molecule has 0 aromatic heterocycles. The normalized spacial score (nSPS) is 33.5. The van der Waals surface area contributed by atoms with Gasteiger partial charge >= 0.3 is 0 Å². The van der Waals surface area contributed by atoms with Gasteiger partial charge in [-0.25, -0.2) is 4.39 Å². The van der Waals surface area contributed by atoms with Crippen LogP contribution in [0.4, 0.5) is 4.39 Å². The van der Waals surface area contributed by atoms with Crippen LogP contribution in [0.1, 0.15) is 39.0 Å². The van der Waals surface area contributed by atoms with Crippen LogP contribution in [0, 0.1) is 0 Å². The van der Waals surface area contributed by atoms with Crippen LogP contribution in [-0.4, -0.2) is 28.2 Å². The van der Waals surface area contributed by atoms with E-state index in [1.807, 2.05) is 0 Å².